The molecule has 0 radical (unpaired) electrons. The largest absolute Gasteiger partial charge is 0.269 e. The lowest BCUT2D eigenvalue weighted by Crippen LogP contribution is -2.00. The van der Waals surface area contributed by atoms with Crippen LogP contribution in [-0.2, 0) is 0 Å². The van der Waals surface area contributed by atoms with Crippen LogP contribution in [0.15, 0.2) is 48.5 Å². The van der Waals surface area contributed by atoms with Gasteiger partial charge in [0.1, 0.15) is 6.07 Å². The molecule has 0 aliphatic carbocycles. The Labute approximate surface area is 138 Å². The van der Waals surface area contributed by atoms with Crippen molar-refractivity contribution in [1.29, 1.82) is 5.26 Å². The highest BCUT2D eigenvalue weighted by Gasteiger charge is 2.13. The van der Waals surface area contributed by atoms with Crippen LogP contribution in [0.4, 0.5) is 5.69 Å². The molecule has 0 spiro atoms. The van der Waals surface area contributed by atoms with E-state index < -0.39 is 4.92 Å². The number of aryl methyl sites for hydroxylation is 2. The monoisotopic (exact) mass is 318 g/mol. The van der Waals surface area contributed by atoms with Crippen LogP contribution in [-0.4, -0.2) is 14.7 Å². The first-order valence-corrected chi connectivity index (χ1v) is 7.32. The van der Waals surface area contributed by atoms with Crippen molar-refractivity contribution in [3.63, 3.8) is 0 Å². The molecule has 0 N–H and O–H groups in total. The van der Waals surface area contributed by atoms with Crippen molar-refractivity contribution in [3.8, 4) is 23.0 Å². The molecule has 118 valence electrons. The van der Waals surface area contributed by atoms with Gasteiger partial charge in [0, 0.05) is 23.8 Å². The molecule has 2 aromatic carbocycles. The number of rotatable bonds is 3. The minimum Gasteiger partial charge on any atom is -0.258 e. The van der Waals surface area contributed by atoms with Crippen molar-refractivity contribution in [2.45, 2.75) is 13.8 Å². The SMILES string of the molecule is Cc1ccc(-c2cc(C#N)nn2-c2ccc([N+](=O)[O-])cc2)cc1C. The number of nitro groups is 1. The maximum atomic E-state index is 10.8. The molecule has 0 fully saturated rings. The van der Waals surface area contributed by atoms with Crippen molar-refractivity contribution in [2.75, 3.05) is 0 Å². The second kappa shape index (κ2) is 5.97. The van der Waals surface area contributed by atoms with E-state index in [0.717, 1.165) is 16.8 Å². The van der Waals surface area contributed by atoms with Gasteiger partial charge in [-0.2, -0.15) is 10.4 Å². The van der Waals surface area contributed by atoms with E-state index in [4.69, 9.17) is 5.26 Å². The Morgan fingerprint density at radius 2 is 1.79 bits per heavy atom. The van der Waals surface area contributed by atoms with Crippen LogP contribution in [0.5, 0.6) is 0 Å². The van der Waals surface area contributed by atoms with Crippen LogP contribution < -0.4 is 0 Å². The smallest absolute Gasteiger partial charge is 0.258 e. The van der Waals surface area contributed by atoms with Crippen LogP contribution in [0.25, 0.3) is 16.9 Å². The Balaban J connectivity index is 2.14. The molecule has 0 amide bonds. The summed E-state index contributed by atoms with van der Waals surface area (Å²) in [4.78, 5) is 10.4. The zero-order valence-corrected chi connectivity index (χ0v) is 13.2. The Morgan fingerprint density at radius 3 is 2.38 bits per heavy atom. The van der Waals surface area contributed by atoms with Crippen molar-refractivity contribution < 1.29 is 4.92 Å². The molecular weight excluding hydrogens is 304 g/mol. The summed E-state index contributed by atoms with van der Waals surface area (Å²) in [5, 5.41) is 24.3. The zero-order chi connectivity index (χ0) is 17.3. The first kappa shape index (κ1) is 15.4. The molecule has 0 aliphatic heterocycles. The summed E-state index contributed by atoms with van der Waals surface area (Å²) in [6.07, 6.45) is 0. The number of nitrogens with zero attached hydrogens (tertiary/aromatic N) is 4. The van der Waals surface area contributed by atoms with Gasteiger partial charge in [0.2, 0.25) is 0 Å². The summed E-state index contributed by atoms with van der Waals surface area (Å²) in [7, 11) is 0. The topological polar surface area (TPSA) is 84.8 Å². The predicted octanol–water partition coefficient (Wildman–Crippen LogP) is 3.94. The zero-order valence-electron chi connectivity index (χ0n) is 13.2. The first-order chi connectivity index (χ1) is 11.5. The molecule has 3 aromatic rings. The number of aromatic nitrogens is 2. The molecule has 1 heterocycles. The second-order valence-corrected chi connectivity index (χ2v) is 5.51. The highest BCUT2D eigenvalue weighted by atomic mass is 16.6. The van der Waals surface area contributed by atoms with E-state index in [0.29, 0.717) is 11.4 Å². The van der Waals surface area contributed by atoms with Gasteiger partial charge in [0.15, 0.2) is 5.69 Å². The third-order valence-corrected chi connectivity index (χ3v) is 3.93. The van der Waals surface area contributed by atoms with Crippen LogP contribution >= 0.6 is 0 Å². The van der Waals surface area contributed by atoms with Gasteiger partial charge in [-0.3, -0.25) is 10.1 Å². The maximum absolute atomic E-state index is 10.8. The molecule has 6 heteroatoms. The molecule has 24 heavy (non-hydrogen) atoms. The average Bonchev–Trinajstić information content (AvgIpc) is 3.02. The van der Waals surface area contributed by atoms with Crippen molar-refractivity contribution in [1.82, 2.24) is 9.78 Å². The molecule has 0 unspecified atom stereocenters. The molecule has 1 aromatic heterocycles. The van der Waals surface area contributed by atoms with Crippen LogP contribution in [0, 0.1) is 35.3 Å². The summed E-state index contributed by atoms with van der Waals surface area (Å²) >= 11 is 0. The lowest BCUT2D eigenvalue weighted by Gasteiger charge is -2.09. The third-order valence-electron chi connectivity index (χ3n) is 3.93. The lowest BCUT2D eigenvalue weighted by atomic mass is 10.0. The molecule has 0 saturated carbocycles. The highest BCUT2D eigenvalue weighted by Crippen LogP contribution is 2.26. The van der Waals surface area contributed by atoms with Crippen LogP contribution in [0.2, 0.25) is 0 Å². The second-order valence-electron chi connectivity index (χ2n) is 5.51. The van der Waals surface area contributed by atoms with Crippen LogP contribution in [0.1, 0.15) is 16.8 Å². The number of nitriles is 1. The molecular formula is C18H14N4O2. The fourth-order valence-electron chi connectivity index (χ4n) is 2.45. The number of nitro benzene ring substituents is 1. The average molecular weight is 318 g/mol. The van der Waals surface area contributed by atoms with Gasteiger partial charge in [0.05, 0.1) is 16.3 Å². The standard InChI is InChI=1S/C18H14N4O2/c1-12-3-4-14(9-13(12)2)18-10-15(11-19)20-21(18)16-5-7-17(8-6-16)22(23)24/h3-10H,1-2H3. The summed E-state index contributed by atoms with van der Waals surface area (Å²) in [6, 6.07) is 15.9. The minimum absolute atomic E-state index is 0.0131. The van der Waals surface area contributed by atoms with Crippen molar-refractivity contribution in [3.05, 3.63) is 75.5 Å². The van der Waals surface area contributed by atoms with E-state index in [1.165, 1.54) is 17.7 Å². The molecule has 0 bridgehead atoms. The first-order valence-electron chi connectivity index (χ1n) is 7.32. The molecule has 0 atom stereocenters. The number of benzene rings is 2. The lowest BCUT2D eigenvalue weighted by molar-refractivity contribution is -0.384. The fraction of sp³-hybridized carbons (Fsp3) is 0.111. The number of non-ortho nitro benzene ring substituents is 1. The third kappa shape index (κ3) is 2.75. The van der Waals surface area contributed by atoms with Crippen molar-refractivity contribution in [2.24, 2.45) is 0 Å². The van der Waals surface area contributed by atoms with Gasteiger partial charge in [0.25, 0.3) is 5.69 Å². The minimum atomic E-state index is -0.447. The van der Waals surface area contributed by atoms with Crippen LogP contribution in [0.3, 0.4) is 0 Å². The Bertz CT molecular complexity index is 966. The Morgan fingerprint density at radius 1 is 1.08 bits per heavy atom. The molecule has 0 saturated heterocycles. The molecule has 0 aliphatic rings. The molecule has 3 rings (SSSR count). The van der Waals surface area contributed by atoms with Gasteiger partial charge in [-0.1, -0.05) is 12.1 Å². The number of hydrogen-bond acceptors (Lipinski definition) is 4. The van der Waals surface area contributed by atoms with Crippen molar-refractivity contribution >= 4 is 5.69 Å². The molecule has 6 nitrogen and oxygen atoms in total. The van der Waals surface area contributed by atoms with E-state index in [-0.39, 0.29) is 5.69 Å². The van der Waals surface area contributed by atoms with E-state index in [1.807, 2.05) is 38.1 Å². The van der Waals surface area contributed by atoms with E-state index >= 15 is 0 Å². The van der Waals surface area contributed by atoms with E-state index in [2.05, 4.69) is 5.10 Å². The Hall–Kier alpha value is -3.46. The Kier molecular flexibility index (Phi) is 3.84. The maximum Gasteiger partial charge on any atom is 0.269 e. The van der Waals surface area contributed by atoms with Gasteiger partial charge in [-0.05, 0) is 43.2 Å². The highest BCUT2D eigenvalue weighted by molar-refractivity contribution is 5.65. The van der Waals surface area contributed by atoms with Gasteiger partial charge in [-0.25, -0.2) is 4.68 Å². The summed E-state index contributed by atoms with van der Waals surface area (Å²) in [6.45, 7) is 4.06. The summed E-state index contributed by atoms with van der Waals surface area (Å²) in [5.74, 6) is 0. The van der Waals surface area contributed by atoms with Gasteiger partial charge in [-0.15, -0.1) is 0 Å². The predicted molar refractivity (Wildman–Crippen MR) is 89.8 cm³/mol. The van der Waals surface area contributed by atoms with E-state index in [9.17, 15) is 10.1 Å². The summed E-state index contributed by atoms with van der Waals surface area (Å²) < 4.78 is 1.63. The number of hydrogen-bond donors (Lipinski definition) is 0. The fourth-order valence-corrected chi connectivity index (χ4v) is 2.45. The summed E-state index contributed by atoms with van der Waals surface area (Å²) in [5.41, 5.74) is 4.99. The van der Waals surface area contributed by atoms with Gasteiger partial charge < -0.3 is 0 Å². The quantitative estimate of drug-likeness (QED) is 0.541. The normalized spacial score (nSPS) is 10.4. The van der Waals surface area contributed by atoms with E-state index in [1.54, 1.807) is 22.9 Å². The van der Waals surface area contributed by atoms with Gasteiger partial charge >= 0.3 is 0 Å².